The van der Waals surface area contributed by atoms with Crippen molar-refractivity contribution in [3.05, 3.63) is 41.0 Å². The second kappa shape index (κ2) is 5.41. The largest absolute Gasteiger partial charge is 0.508 e. The van der Waals surface area contributed by atoms with Crippen molar-refractivity contribution in [1.29, 1.82) is 0 Å². The number of phenols is 1. The first-order valence-electron chi connectivity index (χ1n) is 5.83. The second-order valence-electron chi connectivity index (χ2n) is 3.76. The monoisotopic (exact) mass is 226 g/mol. The van der Waals surface area contributed by atoms with E-state index in [1.165, 1.54) is 0 Å². The normalized spacial score (nSPS) is 9.35. The summed E-state index contributed by atoms with van der Waals surface area (Å²) in [6.07, 6.45) is 5.51. The van der Waals surface area contributed by atoms with E-state index < -0.39 is 0 Å². The van der Waals surface area contributed by atoms with E-state index in [9.17, 15) is 5.11 Å². The van der Waals surface area contributed by atoms with Crippen molar-refractivity contribution in [2.24, 2.45) is 0 Å². The zero-order valence-corrected chi connectivity index (χ0v) is 10.8. The minimum Gasteiger partial charge on any atom is -0.508 e. The molecule has 1 N–H and O–H groups in total. The van der Waals surface area contributed by atoms with Crippen LogP contribution < -0.4 is 0 Å². The third kappa shape index (κ3) is 2.42. The van der Waals surface area contributed by atoms with Crippen molar-refractivity contribution in [3.8, 4) is 18.1 Å². The molecule has 0 aliphatic carbocycles. The van der Waals surface area contributed by atoms with Crippen LogP contribution in [0, 0.1) is 26.2 Å². The first kappa shape index (κ1) is 13.1. The third-order valence-electron chi connectivity index (χ3n) is 2.65. The van der Waals surface area contributed by atoms with Crippen molar-refractivity contribution in [2.45, 2.75) is 27.7 Å². The zero-order chi connectivity index (χ0) is 13.0. The topological polar surface area (TPSA) is 20.2 Å². The number of aromatic hydroxyl groups is 1. The summed E-state index contributed by atoms with van der Waals surface area (Å²) in [7, 11) is 0. The molecule has 0 aromatic heterocycles. The first-order chi connectivity index (χ1) is 8.13. The van der Waals surface area contributed by atoms with Gasteiger partial charge in [-0.2, -0.15) is 0 Å². The molecule has 0 aliphatic rings. The summed E-state index contributed by atoms with van der Waals surface area (Å²) >= 11 is 0. The van der Waals surface area contributed by atoms with E-state index in [1.807, 2.05) is 39.8 Å². The van der Waals surface area contributed by atoms with Gasteiger partial charge in [0, 0.05) is 10.9 Å². The highest BCUT2D eigenvalue weighted by atomic mass is 16.3. The maximum Gasteiger partial charge on any atom is 0.116 e. The maximum absolute atomic E-state index is 9.49. The summed E-state index contributed by atoms with van der Waals surface area (Å²) in [6, 6.07) is 7.44. The molecule has 0 bridgehead atoms. The zero-order valence-electron chi connectivity index (χ0n) is 10.8. The minimum absolute atomic E-state index is 0.284. The van der Waals surface area contributed by atoms with Gasteiger partial charge in [-0.3, -0.25) is 0 Å². The highest BCUT2D eigenvalue weighted by molar-refractivity contribution is 5.93. The molecule has 0 atom stereocenters. The molecule has 0 radical (unpaired) electrons. The first-order valence-corrected chi connectivity index (χ1v) is 5.83. The van der Waals surface area contributed by atoms with Crippen LogP contribution in [0.25, 0.3) is 10.8 Å². The molecular formula is C16H18O. The Morgan fingerprint density at radius 2 is 1.71 bits per heavy atom. The van der Waals surface area contributed by atoms with Crippen LogP contribution in [0.15, 0.2) is 24.3 Å². The molecule has 88 valence electrons. The highest BCUT2D eigenvalue weighted by Gasteiger charge is 2.06. The van der Waals surface area contributed by atoms with E-state index >= 15 is 0 Å². The SMILES string of the molecule is C#Cc1c(C)ccc2cc(O)cc(C)c12.CC. The van der Waals surface area contributed by atoms with Gasteiger partial charge in [-0.1, -0.05) is 31.9 Å². The van der Waals surface area contributed by atoms with Crippen LogP contribution in [0.1, 0.15) is 30.5 Å². The molecule has 0 heterocycles. The van der Waals surface area contributed by atoms with Gasteiger partial charge < -0.3 is 5.11 Å². The third-order valence-corrected chi connectivity index (χ3v) is 2.65. The highest BCUT2D eigenvalue weighted by Crippen LogP contribution is 2.28. The average Bonchev–Trinajstić information content (AvgIpc) is 2.32. The van der Waals surface area contributed by atoms with Crippen LogP contribution in [0.2, 0.25) is 0 Å². The lowest BCUT2D eigenvalue weighted by Crippen LogP contribution is -1.88. The lowest BCUT2D eigenvalue weighted by Gasteiger charge is -2.08. The van der Waals surface area contributed by atoms with Gasteiger partial charge in [-0.05, 0) is 42.5 Å². The van der Waals surface area contributed by atoms with E-state index in [2.05, 4.69) is 5.92 Å². The summed E-state index contributed by atoms with van der Waals surface area (Å²) in [6.45, 7) is 7.96. The molecule has 0 saturated heterocycles. The van der Waals surface area contributed by atoms with Crippen molar-refractivity contribution in [1.82, 2.24) is 0 Å². The van der Waals surface area contributed by atoms with Gasteiger partial charge >= 0.3 is 0 Å². The number of hydrogen-bond donors (Lipinski definition) is 1. The van der Waals surface area contributed by atoms with Crippen LogP contribution in [-0.4, -0.2) is 5.11 Å². The number of aryl methyl sites for hydroxylation is 2. The number of hydrogen-bond acceptors (Lipinski definition) is 1. The van der Waals surface area contributed by atoms with Crippen molar-refractivity contribution >= 4 is 10.8 Å². The van der Waals surface area contributed by atoms with Crippen LogP contribution >= 0.6 is 0 Å². The summed E-state index contributed by atoms with van der Waals surface area (Å²) in [5.74, 6) is 3.00. The molecule has 1 nitrogen and oxygen atoms in total. The molecule has 1 heteroatoms. The number of fused-ring (bicyclic) bond motifs is 1. The Labute approximate surface area is 103 Å². The van der Waals surface area contributed by atoms with Gasteiger partial charge in [0.25, 0.3) is 0 Å². The van der Waals surface area contributed by atoms with Crippen molar-refractivity contribution < 1.29 is 5.11 Å². The van der Waals surface area contributed by atoms with Crippen molar-refractivity contribution in [3.63, 3.8) is 0 Å². The Kier molecular flexibility index (Phi) is 4.17. The van der Waals surface area contributed by atoms with Gasteiger partial charge in [0.05, 0.1) is 0 Å². The Morgan fingerprint density at radius 1 is 1.06 bits per heavy atom. The van der Waals surface area contributed by atoms with Gasteiger partial charge in [0.1, 0.15) is 5.75 Å². The minimum atomic E-state index is 0.284. The number of benzene rings is 2. The van der Waals surface area contributed by atoms with E-state index in [1.54, 1.807) is 12.1 Å². The number of phenolic OH excluding ortho intramolecular Hbond substituents is 1. The van der Waals surface area contributed by atoms with Crippen LogP contribution in [0.4, 0.5) is 0 Å². The fourth-order valence-electron chi connectivity index (χ4n) is 1.95. The van der Waals surface area contributed by atoms with Crippen LogP contribution in [-0.2, 0) is 0 Å². The summed E-state index contributed by atoms with van der Waals surface area (Å²) < 4.78 is 0. The summed E-state index contributed by atoms with van der Waals surface area (Å²) in [4.78, 5) is 0. The van der Waals surface area contributed by atoms with Gasteiger partial charge in [-0.25, -0.2) is 0 Å². The smallest absolute Gasteiger partial charge is 0.116 e. The molecule has 2 aromatic carbocycles. The van der Waals surface area contributed by atoms with Crippen LogP contribution in [0.3, 0.4) is 0 Å². The molecule has 0 fully saturated rings. The standard InChI is InChI=1S/C14H12O.C2H6/c1-4-13-9(2)5-6-11-8-12(15)7-10(3)14(11)13;1-2/h1,5-8,15H,2-3H3;1-2H3. The van der Waals surface area contributed by atoms with Crippen molar-refractivity contribution in [2.75, 3.05) is 0 Å². The van der Waals surface area contributed by atoms with Crippen LogP contribution in [0.5, 0.6) is 5.75 Å². The molecule has 17 heavy (non-hydrogen) atoms. The maximum atomic E-state index is 9.49. The average molecular weight is 226 g/mol. The van der Waals surface area contributed by atoms with Gasteiger partial charge in [-0.15, -0.1) is 6.42 Å². The fraction of sp³-hybridized carbons (Fsp3) is 0.250. The Bertz CT molecular complexity index is 574. The van der Waals surface area contributed by atoms with Gasteiger partial charge in [0.2, 0.25) is 0 Å². The lowest BCUT2D eigenvalue weighted by molar-refractivity contribution is 0.476. The number of rotatable bonds is 0. The molecule has 2 rings (SSSR count). The lowest BCUT2D eigenvalue weighted by atomic mass is 9.96. The van der Waals surface area contributed by atoms with E-state index in [4.69, 9.17) is 6.42 Å². The predicted molar refractivity (Wildman–Crippen MR) is 74.4 cm³/mol. The Hall–Kier alpha value is -1.94. The summed E-state index contributed by atoms with van der Waals surface area (Å²) in [5.41, 5.74) is 3.03. The molecule has 2 aromatic rings. The molecule has 0 spiro atoms. The number of terminal acetylenes is 1. The van der Waals surface area contributed by atoms with E-state index in [0.717, 1.165) is 27.5 Å². The fourth-order valence-corrected chi connectivity index (χ4v) is 1.95. The molecular weight excluding hydrogens is 208 g/mol. The molecule has 0 aliphatic heterocycles. The summed E-state index contributed by atoms with van der Waals surface area (Å²) in [5, 5.41) is 11.5. The van der Waals surface area contributed by atoms with E-state index in [-0.39, 0.29) is 5.75 Å². The molecule has 0 amide bonds. The molecule has 0 unspecified atom stereocenters. The second-order valence-corrected chi connectivity index (χ2v) is 3.76. The molecule has 0 saturated carbocycles. The predicted octanol–water partition coefficient (Wildman–Crippen LogP) is 4.17. The van der Waals surface area contributed by atoms with Gasteiger partial charge in [0.15, 0.2) is 0 Å². The van der Waals surface area contributed by atoms with E-state index in [0.29, 0.717) is 0 Å². The Morgan fingerprint density at radius 3 is 2.29 bits per heavy atom. The quantitative estimate of drug-likeness (QED) is 0.668. The Balaban J connectivity index is 0.000000686.